The van der Waals surface area contributed by atoms with Gasteiger partial charge in [-0.25, -0.2) is 18.0 Å². The molecule has 29 heavy (non-hydrogen) atoms. The lowest BCUT2D eigenvalue weighted by molar-refractivity contribution is -0.0102. The number of halogens is 3. The van der Waals surface area contributed by atoms with E-state index in [-0.39, 0.29) is 18.2 Å². The Balaban J connectivity index is 1.60. The average molecular weight is 403 g/mol. The number of anilines is 1. The van der Waals surface area contributed by atoms with E-state index in [1.54, 1.807) is 18.2 Å². The van der Waals surface area contributed by atoms with E-state index in [0.29, 0.717) is 23.6 Å². The molecule has 3 fully saturated rings. The Morgan fingerprint density at radius 2 is 1.76 bits per heavy atom. The SMILES string of the molecule is Cc1cccc(N(Cc2cc(F)c(F)cc2F)C(=O)OC2CC3CCC2CC3)c1. The van der Waals surface area contributed by atoms with Crippen LogP contribution in [0.15, 0.2) is 36.4 Å². The zero-order valence-corrected chi connectivity index (χ0v) is 16.3. The van der Waals surface area contributed by atoms with Gasteiger partial charge in [-0.05, 0) is 74.6 Å². The van der Waals surface area contributed by atoms with Crippen molar-refractivity contribution in [2.75, 3.05) is 4.90 Å². The number of carbonyl (C=O) groups excluding carboxylic acids is 1. The fourth-order valence-corrected chi connectivity index (χ4v) is 4.57. The summed E-state index contributed by atoms with van der Waals surface area (Å²) in [6.45, 7) is 1.64. The first-order valence-corrected chi connectivity index (χ1v) is 10.1. The molecule has 2 aromatic rings. The number of amides is 1. The zero-order chi connectivity index (χ0) is 20.5. The molecule has 0 N–H and O–H groups in total. The zero-order valence-electron chi connectivity index (χ0n) is 16.3. The lowest BCUT2D eigenvalue weighted by Crippen LogP contribution is -2.42. The van der Waals surface area contributed by atoms with Gasteiger partial charge in [0.1, 0.15) is 11.9 Å². The van der Waals surface area contributed by atoms with E-state index in [1.807, 2.05) is 13.0 Å². The highest BCUT2D eigenvalue weighted by Gasteiger charge is 2.38. The molecule has 0 radical (unpaired) electrons. The van der Waals surface area contributed by atoms with E-state index in [0.717, 1.165) is 30.9 Å². The molecule has 6 heteroatoms. The van der Waals surface area contributed by atoms with Gasteiger partial charge in [0.05, 0.1) is 6.54 Å². The molecule has 3 aliphatic rings. The summed E-state index contributed by atoms with van der Waals surface area (Å²) in [6, 6.07) is 8.47. The van der Waals surface area contributed by atoms with E-state index in [4.69, 9.17) is 4.74 Å². The normalized spacial score (nSPS) is 23.1. The molecule has 1 atom stereocenters. The molecule has 1 amide bonds. The third-order valence-electron chi connectivity index (χ3n) is 6.19. The number of nitrogens with zero attached hydrogens (tertiary/aromatic N) is 1. The second kappa shape index (κ2) is 8.09. The third kappa shape index (κ3) is 4.26. The maximum Gasteiger partial charge on any atom is 0.414 e. The Morgan fingerprint density at radius 3 is 2.41 bits per heavy atom. The van der Waals surface area contributed by atoms with Crippen molar-refractivity contribution >= 4 is 11.8 Å². The van der Waals surface area contributed by atoms with Crippen molar-refractivity contribution in [3.63, 3.8) is 0 Å². The molecule has 1 unspecified atom stereocenters. The number of ether oxygens (including phenoxy) is 1. The number of fused-ring (bicyclic) bond motifs is 3. The van der Waals surface area contributed by atoms with Gasteiger partial charge < -0.3 is 4.74 Å². The van der Waals surface area contributed by atoms with Crippen LogP contribution in [0.5, 0.6) is 0 Å². The molecular weight excluding hydrogens is 379 g/mol. The van der Waals surface area contributed by atoms with Crippen molar-refractivity contribution in [3.05, 3.63) is 65.0 Å². The maximum atomic E-state index is 14.2. The van der Waals surface area contributed by atoms with Crippen molar-refractivity contribution in [1.29, 1.82) is 0 Å². The van der Waals surface area contributed by atoms with Gasteiger partial charge in [0.25, 0.3) is 0 Å². The van der Waals surface area contributed by atoms with Crippen LogP contribution in [-0.4, -0.2) is 12.2 Å². The van der Waals surface area contributed by atoms with Gasteiger partial charge in [-0.15, -0.1) is 0 Å². The first-order chi connectivity index (χ1) is 13.9. The smallest absolute Gasteiger partial charge is 0.414 e. The van der Waals surface area contributed by atoms with Gasteiger partial charge >= 0.3 is 6.09 Å². The van der Waals surface area contributed by atoms with Crippen molar-refractivity contribution in [3.8, 4) is 0 Å². The van der Waals surface area contributed by atoms with Gasteiger partial charge in [-0.3, -0.25) is 4.90 Å². The number of aryl methyl sites for hydroxylation is 1. The second-order valence-corrected chi connectivity index (χ2v) is 8.22. The summed E-state index contributed by atoms with van der Waals surface area (Å²) >= 11 is 0. The highest BCUT2D eigenvalue weighted by atomic mass is 19.2. The molecule has 154 valence electrons. The van der Waals surface area contributed by atoms with Crippen LogP contribution in [0.4, 0.5) is 23.7 Å². The number of hydrogen-bond acceptors (Lipinski definition) is 2. The molecule has 3 saturated carbocycles. The van der Waals surface area contributed by atoms with Gasteiger partial charge in [0.15, 0.2) is 11.6 Å². The predicted molar refractivity (Wildman–Crippen MR) is 104 cm³/mol. The molecule has 0 saturated heterocycles. The van der Waals surface area contributed by atoms with Crippen molar-refractivity contribution in [1.82, 2.24) is 0 Å². The number of rotatable bonds is 4. The molecule has 0 aliphatic heterocycles. The first-order valence-electron chi connectivity index (χ1n) is 10.1. The fourth-order valence-electron chi connectivity index (χ4n) is 4.57. The summed E-state index contributed by atoms with van der Waals surface area (Å²) in [5.41, 5.74) is 1.34. The first kappa shape index (κ1) is 19.8. The minimum absolute atomic E-state index is 0.104. The van der Waals surface area contributed by atoms with Crippen LogP contribution in [0.1, 0.15) is 43.2 Å². The fraction of sp³-hybridized carbons (Fsp3) is 0.435. The molecule has 3 nitrogen and oxygen atoms in total. The van der Waals surface area contributed by atoms with Crippen molar-refractivity contribution in [2.45, 2.75) is 51.7 Å². The van der Waals surface area contributed by atoms with Crippen LogP contribution in [-0.2, 0) is 11.3 Å². The van der Waals surface area contributed by atoms with E-state index >= 15 is 0 Å². The Hall–Kier alpha value is -2.50. The monoisotopic (exact) mass is 403 g/mol. The predicted octanol–water partition coefficient (Wildman–Crippen LogP) is 6.13. The van der Waals surface area contributed by atoms with Crippen molar-refractivity contribution in [2.24, 2.45) is 11.8 Å². The molecule has 2 bridgehead atoms. The number of carbonyl (C=O) groups is 1. The highest BCUT2D eigenvalue weighted by molar-refractivity contribution is 5.87. The molecule has 2 aromatic carbocycles. The lowest BCUT2D eigenvalue weighted by Gasteiger charge is -2.42. The van der Waals surface area contributed by atoms with Gasteiger partial charge in [0, 0.05) is 17.3 Å². The summed E-state index contributed by atoms with van der Waals surface area (Å²) in [4.78, 5) is 14.4. The molecule has 3 aliphatic carbocycles. The Kier molecular flexibility index (Phi) is 5.52. The maximum absolute atomic E-state index is 14.2. The molecule has 0 spiro atoms. The summed E-state index contributed by atoms with van der Waals surface area (Å²) in [5, 5.41) is 0. The molecule has 5 rings (SSSR count). The summed E-state index contributed by atoms with van der Waals surface area (Å²) < 4.78 is 47.1. The van der Waals surface area contributed by atoms with E-state index in [9.17, 15) is 18.0 Å². The van der Waals surface area contributed by atoms with E-state index in [1.165, 1.54) is 17.7 Å². The van der Waals surface area contributed by atoms with Crippen LogP contribution >= 0.6 is 0 Å². The number of benzene rings is 2. The minimum Gasteiger partial charge on any atom is -0.446 e. The molecular formula is C23H24F3NO2. The Bertz CT molecular complexity index is 909. The number of hydrogen-bond donors (Lipinski definition) is 0. The van der Waals surface area contributed by atoms with E-state index < -0.39 is 23.5 Å². The molecule has 0 heterocycles. The minimum atomic E-state index is -1.26. The standard InChI is InChI=1S/C23H24F3NO2/c1-14-3-2-4-18(9-14)27(13-17-11-20(25)21(26)12-19(17)24)23(28)29-22-10-15-5-7-16(22)8-6-15/h2-4,9,11-12,15-16,22H,5-8,10,13H2,1H3. The van der Waals surface area contributed by atoms with Gasteiger partial charge in [0.2, 0.25) is 0 Å². The Morgan fingerprint density at radius 1 is 1.03 bits per heavy atom. The third-order valence-corrected chi connectivity index (χ3v) is 6.19. The average Bonchev–Trinajstić information content (AvgIpc) is 2.70. The van der Waals surface area contributed by atoms with Crippen LogP contribution in [0, 0.1) is 36.2 Å². The van der Waals surface area contributed by atoms with E-state index in [2.05, 4.69) is 0 Å². The van der Waals surface area contributed by atoms with Crippen LogP contribution in [0.3, 0.4) is 0 Å². The van der Waals surface area contributed by atoms with Gasteiger partial charge in [-0.1, -0.05) is 12.1 Å². The quantitative estimate of drug-likeness (QED) is 0.575. The largest absolute Gasteiger partial charge is 0.446 e. The topological polar surface area (TPSA) is 29.5 Å². The van der Waals surface area contributed by atoms with Crippen LogP contribution in [0.2, 0.25) is 0 Å². The molecule has 0 aromatic heterocycles. The Labute approximate surface area is 168 Å². The van der Waals surface area contributed by atoms with Crippen LogP contribution < -0.4 is 4.90 Å². The second-order valence-electron chi connectivity index (χ2n) is 8.22. The highest BCUT2D eigenvalue weighted by Crippen LogP contribution is 2.43. The summed E-state index contributed by atoms with van der Waals surface area (Å²) in [5.74, 6) is -2.35. The van der Waals surface area contributed by atoms with Crippen molar-refractivity contribution < 1.29 is 22.7 Å². The van der Waals surface area contributed by atoms with Gasteiger partial charge in [-0.2, -0.15) is 0 Å². The lowest BCUT2D eigenvalue weighted by atomic mass is 9.69. The summed E-state index contributed by atoms with van der Waals surface area (Å²) in [6.07, 6.45) is 4.61. The van der Waals surface area contributed by atoms with Crippen LogP contribution in [0.25, 0.3) is 0 Å². The summed E-state index contributed by atoms with van der Waals surface area (Å²) in [7, 11) is 0.